The average molecular weight is 340 g/mol. The van der Waals surface area contributed by atoms with Crippen LogP contribution >= 0.6 is 0 Å². The first-order valence-electron chi connectivity index (χ1n) is 6.51. The lowest BCUT2D eigenvalue weighted by atomic mass is 10.2. The first-order chi connectivity index (χ1) is 11.3. The number of halogens is 3. The lowest BCUT2D eigenvalue weighted by Crippen LogP contribution is -2.14. The summed E-state index contributed by atoms with van der Waals surface area (Å²) in [4.78, 5) is 26.5. The van der Waals surface area contributed by atoms with Gasteiger partial charge in [-0.2, -0.15) is 4.98 Å². The normalized spacial score (nSPS) is 10.2. The molecule has 1 aromatic carbocycles. The first kappa shape index (κ1) is 17.3. The third-order valence-corrected chi connectivity index (χ3v) is 2.78. The van der Waals surface area contributed by atoms with E-state index in [4.69, 9.17) is 0 Å². The SMILES string of the molecule is COc1nc(Nc2ccc(F)cc2F)c(C(=O)OC(C)=O)cc1F. The minimum Gasteiger partial charge on any atom is -0.479 e. The molecule has 0 fully saturated rings. The summed E-state index contributed by atoms with van der Waals surface area (Å²) in [6.07, 6.45) is 0. The second-order valence-electron chi connectivity index (χ2n) is 4.51. The van der Waals surface area contributed by atoms with Crippen LogP contribution < -0.4 is 10.1 Å². The molecule has 6 nitrogen and oxygen atoms in total. The van der Waals surface area contributed by atoms with Crippen molar-refractivity contribution in [3.63, 3.8) is 0 Å². The number of pyridine rings is 1. The Hall–Kier alpha value is -3.10. The van der Waals surface area contributed by atoms with Crippen molar-refractivity contribution in [2.24, 2.45) is 0 Å². The highest BCUT2D eigenvalue weighted by molar-refractivity contribution is 6.00. The third-order valence-electron chi connectivity index (χ3n) is 2.78. The fourth-order valence-corrected chi connectivity index (χ4v) is 1.77. The summed E-state index contributed by atoms with van der Waals surface area (Å²) in [5.74, 6) is -5.68. The van der Waals surface area contributed by atoms with E-state index in [0.29, 0.717) is 6.07 Å². The van der Waals surface area contributed by atoms with E-state index in [1.165, 1.54) is 0 Å². The van der Waals surface area contributed by atoms with Crippen LogP contribution in [-0.4, -0.2) is 24.0 Å². The summed E-state index contributed by atoms with van der Waals surface area (Å²) < 4.78 is 49.5. The fourth-order valence-electron chi connectivity index (χ4n) is 1.77. The standard InChI is InChI=1S/C15H11F3N2O4/c1-7(21)24-15(22)9-6-11(18)14(23-2)20-13(9)19-12-4-3-8(16)5-10(12)17/h3-6H,1-2H3,(H,19,20). The summed E-state index contributed by atoms with van der Waals surface area (Å²) in [6, 6.07) is 3.36. The molecule has 9 heteroatoms. The van der Waals surface area contributed by atoms with Crippen LogP contribution in [0.25, 0.3) is 0 Å². The van der Waals surface area contributed by atoms with Gasteiger partial charge < -0.3 is 14.8 Å². The quantitative estimate of drug-likeness (QED) is 0.681. The van der Waals surface area contributed by atoms with Gasteiger partial charge in [-0.25, -0.2) is 18.0 Å². The average Bonchev–Trinajstić information content (AvgIpc) is 2.50. The van der Waals surface area contributed by atoms with Crippen LogP contribution in [0.15, 0.2) is 24.3 Å². The number of methoxy groups -OCH3 is 1. The Morgan fingerprint density at radius 1 is 1.12 bits per heavy atom. The van der Waals surface area contributed by atoms with Gasteiger partial charge in [0.15, 0.2) is 5.82 Å². The number of nitrogens with one attached hydrogen (secondary N) is 1. The molecule has 24 heavy (non-hydrogen) atoms. The van der Waals surface area contributed by atoms with Crippen molar-refractivity contribution in [3.05, 3.63) is 47.3 Å². The fraction of sp³-hybridized carbons (Fsp3) is 0.133. The molecule has 2 rings (SSSR count). The number of anilines is 2. The summed E-state index contributed by atoms with van der Waals surface area (Å²) >= 11 is 0. The molecule has 126 valence electrons. The minimum absolute atomic E-state index is 0.227. The Balaban J connectivity index is 2.49. The number of carbonyl (C=O) groups excluding carboxylic acids is 2. The smallest absolute Gasteiger partial charge is 0.349 e. The van der Waals surface area contributed by atoms with Crippen molar-refractivity contribution in [2.75, 3.05) is 12.4 Å². The number of benzene rings is 1. The van der Waals surface area contributed by atoms with E-state index in [9.17, 15) is 22.8 Å². The van der Waals surface area contributed by atoms with Crippen LogP contribution in [0.3, 0.4) is 0 Å². The predicted molar refractivity (Wildman–Crippen MR) is 76.5 cm³/mol. The zero-order valence-electron chi connectivity index (χ0n) is 12.5. The monoisotopic (exact) mass is 340 g/mol. The molecule has 0 atom stereocenters. The number of ether oxygens (including phenoxy) is 2. The first-order valence-corrected chi connectivity index (χ1v) is 6.51. The molecule has 2 aromatic rings. The van der Waals surface area contributed by atoms with Crippen LogP contribution in [0, 0.1) is 17.5 Å². The maximum absolute atomic E-state index is 13.8. The number of aromatic nitrogens is 1. The Bertz CT molecular complexity index is 812. The van der Waals surface area contributed by atoms with E-state index in [0.717, 1.165) is 32.2 Å². The Morgan fingerprint density at radius 3 is 2.42 bits per heavy atom. The summed E-state index contributed by atoms with van der Waals surface area (Å²) in [5.41, 5.74) is -0.693. The van der Waals surface area contributed by atoms with Crippen molar-refractivity contribution >= 4 is 23.4 Å². The van der Waals surface area contributed by atoms with E-state index < -0.39 is 40.8 Å². The molecule has 1 aromatic heterocycles. The van der Waals surface area contributed by atoms with Gasteiger partial charge in [-0.05, 0) is 18.2 Å². The highest BCUT2D eigenvalue weighted by atomic mass is 19.1. The minimum atomic E-state index is -1.19. The van der Waals surface area contributed by atoms with Crippen LogP contribution in [0.1, 0.15) is 17.3 Å². The van der Waals surface area contributed by atoms with Gasteiger partial charge in [0.05, 0.1) is 12.8 Å². The molecular formula is C15H11F3N2O4. The largest absolute Gasteiger partial charge is 0.479 e. The van der Waals surface area contributed by atoms with Gasteiger partial charge in [0.25, 0.3) is 5.88 Å². The molecule has 0 aliphatic rings. The summed E-state index contributed by atoms with van der Waals surface area (Å²) in [6.45, 7) is 0.984. The highest BCUT2D eigenvalue weighted by Crippen LogP contribution is 2.27. The molecular weight excluding hydrogens is 329 g/mol. The Labute approximate surface area is 134 Å². The van der Waals surface area contributed by atoms with Crippen molar-refractivity contribution in [1.82, 2.24) is 4.98 Å². The lowest BCUT2D eigenvalue weighted by Gasteiger charge is -2.12. The van der Waals surface area contributed by atoms with E-state index in [1.54, 1.807) is 0 Å². The maximum atomic E-state index is 13.8. The highest BCUT2D eigenvalue weighted by Gasteiger charge is 2.21. The molecule has 1 heterocycles. The molecule has 0 unspecified atom stereocenters. The van der Waals surface area contributed by atoms with E-state index in [1.807, 2.05) is 0 Å². The molecule has 1 N–H and O–H groups in total. The van der Waals surface area contributed by atoms with E-state index in [2.05, 4.69) is 19.8 Å². The summed E-state index contributed by atoms with van der Waals surface area (Å²) in [7, 11) is 1.14. The van der Waals surface area contributed by atoms with Gasteiger partial charge in [-0.15, -0.1) is 0 Å². The number of hydrogen-bond acceptors (Lipinski definition) is 6. The topological polar surface area (TPSA) is 77.5 Å². The Kier molecular flexibility index (Phi) is 5.02. The molecule has 0 amide bonds. The van der Waals surface area contributed by atoms with Crippen molar-refractivity contribution in [3.8, 4) is 5.88 Å². The van der Waals surface area contributed by atoms with E-state index in [-0.39, 0.29) is 11.5 Å². The van der Waals surface area contributed by atoms with Gasteiger partial charge in [0, 0.05) is 13.0 Å². The lowest BCUT2D eigenvalue weighted by molar-refractivity contribution is -0.135. The number of carbonyl (C=O) groups is 2. The molecule has 0 bridgehead atoms. The van der Waals surface area contributed by atoms with Crippen LogP contribution in [0.2, 0.25) is 0 Å². The van der Waals surface area contributed by atoms with Crippen LogP contribution in [0.4, 0.5) is 24.7 Å². The number of esters is 2. The zero-order valence-corrected chi connectivity index (χ0v) is 12.5. The van der Waals surface area contributed by atoms with Crippen molar-refractivity contribution < 1.29 is 32.2 Å². The predicted octanol–water partition coefficient (Wildman–Crippen LogP) is 2.95. The second kappa shape index (κ2) is 6.99. The molecule has 0 saturated heterocycles. The van der Waals surface area contributed by atoms with Gasteiger partial charge in [0.1, 0.15) is 23.0 Å². The van der Waals surface area contributed by atoms with Crippen molar-refractivity contribution in [1.29, 1.82) is 0 Å². The zero-order chi connectivity index (χ0) is 17.9. The number of hydrogen-bond donors (Lipinski definition) is 1. The molecule has 0 saturated carbocycles. The van der Waals surface area contributed by atoms with Gasteiger partial charge in [-0.3, -0.25) is 4.79 Å². The number of nitrogens with zero attached hydrogens (tertiary/aromatic N) is 1. The van der Waals surface area contributed by atoms with Gasteiger partial charge in [-0.1, -0.05) is 0 Å². The molecule has 0 aliphatic heterocycles. The van der Waals surface area contributed by atoms with Gasteiger partial charge in [0.2, 0.25) is 0 Å². The van der Waals surface area contributed by atoms with E-state index >= 15 is 0 Å². The summed E-state index contributed by atoms with van der Waals surface area (Å²) in [5, 5.41) is 2.41. The number of rotatable bonds is 4. The van der Waals surface area contributed by atoms with Crippen molar-refractivity contribution in [2.45, 2.75) is 6.92 Å². The van der Waals surface area contributed by atoms with Crippen LogP contribution in [0.5, 0.6) is 5.88 Å². The van der Waals surface area contributed by atoms with Gasteiger partial charge >= 0.3 is 11.9 Å². The Morgan fingerprint density at radius 2 is 1.83 bits per heavy atom. The maximum Gasteiger partial charge on any atom is 0.349 e. The second-order valence-corrected chi connectivity index (χ2v) is 4.51. The molecule has 0 spiro atoms. The molecule has 0 aliphatic carbocycles. The molecule has 0 radical (unpaired) electrons. The third kappa shape index (κ3) is 3.80. The van der Waals surface area contributed by atoms with Crippen LogP contribution in [-0.2, 0) is 9.53 Å².